The van der Waals surface area contributed by atoms with Gasteiger partial charge in [0.15, 0.2) is 0 Å². The summed E-state index contributed by atoms with van der Waals surface area (Å²) in [6, 6.07) is 4.09. The Hall–Kier alpha value is -1.07. The van der Waals surface area contributed by atoms with Crippen molar-refractivity contribution in [2.24, 2.45) is 0 Å². The average molecular weight is 304 g/mol. The fraction of sp³-hybridized carbons (Fsp3) is 0.706. The summed E-state index contributed by atoms with van der Waals surface area (Å²) in [7, 11) is -0.322. The Bertz CT molecular complexity index is 483. The molecule has 1 saturated heterocycles. The van der Waals surface area contributed by atoms with Gasteiger partial charge in [-0.1, -0.05) is 13.8 Å². The standard InChI is InChI=1S/C17H29BN2O2/c1-7-11-20(12-8-2)15-13-14(9-10-19-15)18-21-16(3,4)17(5,6)22-18/h9-10,13H,7-8,11-12H2,1-6H3. The van der Waals surface area contributed by atoms with E-state index in [2.05, 4.69) is 57.5 Å². The van der Waals surface area contributed by atoms with Crippen molar-refractivity contribution in [2.75, 3.05) is 18.0 Å². The molecule has 122 valence electrons. The molecule has 1 aliphatic heterocycles. The van der Waals surface area contributed by atoms with Crippen LogP contribution in [0.25, 0.3) is 0 Å². The molecular formula is C17H29BN2O2. The van der Waals surface area contributed by atoms with Gasteiger partial charge >= 0.3 is 7.12 Å². The normalized spacial score (nSPS) is 19.5. The van der Waals surface area contributed by atoms with Gasteiger partial charge in [0.05, 0.1) is 11.2 Å². The summed E-state index contributed by atoms with van der Waals surface area (Å²) in [5, 5.41) is 0. The molecule has 0 aromatic carbocycles. The molecule has 0 N–H and O–H groups in total. The van der Waals surface area contributed by atoms with Gasteiger partial charge in [-0.3, -0.25) is 0 Å². The molecule has 2 rings (SSSR count). The van der Waals surface area contributed by atoms with Crippen LogP contribution in [-0.4, -0.2) is 36.4 Å². The van der Waals surface area contributed by atoms with Crippen molar-refractivity contribution in [3.8, 4) is 0 Å². The van der Waals surface area contributed by atoms with Crippen LogP contribution in [-0.2, 0) is 9.31 Å². The molecule has 1 aromatic rings. The molecule has 0 unspecified atom stereocenters. The molecule has 0 aliphatic carbocycles. The predicted molar refractivity (Wildman–Crippen MR) is 92.7 cm³/mol. The molecule has 0 amide bonds. The lowest BCUT2D eigenvalue weighted by Gasteiger charge is -2.32. The van der Waals surface area contributed by atoms with Crippen LogP contribution < -0.4 is 10.4 Å². The van der Waals surface area contributed by atoms with Gasteiger partial charge < -0.3 is 14.2 Å². The predicted octanol–water partition coefficient (Wildman–Crippen LogP) is 3.01. The van der Waals surface area contributed by atoms with Crippen molar-refractivity contribution < 1.29 is 9.31 Å². The number of anilines is 1. The van der Waals surface area contributed by atoms with E-state index in [1.807, 2.05) is 12.3 Å². The second kappa shape index (κ2) is 6.59. The summed E-state index contributed by atoms with van der Waals surface area (Å²) in [6.07, 6.45) is 4.08. The summed E-state index contributed by atoms with van der Waals surface area (Å²) in [4.78, 5) is 6.86. The quantitative estimate of drug-likeness (QED) is 0.757. The number of nitrogens with zero attached hydrogens (tertiary/aromatic N) is 2. The summed E-state index contributed by atoms with van der Waals surface area (Å²) in [5.74, 6) is 1.01. The van der Waals surface area contributed by atoms with Crippen LogP contribution in [0.5, 0.6) is 0 Å². The maximum Gasteiger partial charge on any atom is 0.495 e. The molecule has 1 aromatic heterocycles. The van der Waals surface area contributed by atoms with Gasteiger partial charge in [0.2, 0.25) is 0 Å². The molecule has 0 radical (unpaired) electrons. The van der Waals surface area contributed by atoms with E-state index in [-0.39, 0.29) is 18.3 Å². The van der Waals surface area contributed by atoms with Crippen molar-refractivity contribution in [1.29, 1.82) is 0 Å². The molecule has 0 atom stereocenters. The number of rotatable bonds is 6. The molecule has 5 heteroatoms. The first-order valence-corrected chi connectivity index (χ1v) is 8.37. The monoisotopic (exact) mass is 304 g/mol. The highest BCUT2D eigenvalue weighted by Gasteiger charge is 2.51. The van der Waals surface area contributed by atoms with E-state index >= 15 is 0 Å². The Kier molecular flexibility index (Phi) is 5.18. The van der Waals surface area contributed by atoms with Crippen molar-refractivity contribution in [1.82, 2.24) is 4.98 Å². The fourth-order valence-electron chi connectivity index (χ4n) is 2.61. The zero-order valence-electron chi connectivity index (χ0n) is 14.8. The second-order valence-electron chi connectivity index (χ2n) is 7.02. The first kappa shape index (κ1) is 17.3. The Labute approximate surface area is 135 Å². The molecule has 2 heterocycles. The zero-order chi connectivity index (χ0) is 16.4. The van der Waals surface area contributed by atoms with Crippen molar-refractivity contribution >= 4 is 18.4 Å². The first-order valence-electron chi connectivity index (χ1n) is 8.37. The van der Waals surface area contributed by atoms with E-state index in [1.54, 1.807) is 0 Å². The van der Waals surface area contributed by atoms with Crippen LogP contribution in [0.15, 0.2) is 18.3 Å². The third kappa shape index (κ3) is 3.46. The van der Waals surface area contributed by atoms with Crippen LogP contribution in [0, 0.1) is 0 Å². The van der Waals surface area contributed by atoms with Crippen LogP contribution in [0.2, 0.25) is 0 Å². The first-order chi connectivity index (χ1) is 10.3. The highest BCUT2D eigenvalue weighted by Crippen LogP contribution is 2.36. The molecule has 0 saturated carbocycles. The summed E-state index contributed by atoms with van der Waals surface area (Å²) < 4.78 is 12.3. The molecular weight excluding hydrogens is 275 g/mol. The lowest BCUT2D eigenvalue weighted by molar-refractivity contribution is 0.00578. The van der Waals surface area contributed by atoms with E-state index < -0.39 is 0 Å². The van der Waals surface area contributed by atoms with Gasteiger partial charge in [0, 0.05) is 19.3 Å². The van der Waals surface area contributed by atoms with Crippen molar-refractivity contribution in [3.63, 3.8) is 0 Å². The SMILES string of the molecule is CCCN(CCC)c1cc(B2OC(C)(C)C(C)(C)O2)ccn1. The summed E-state index contributed by atoms with van der Waals surface area (Å²) >= 11 is 0. The number of hydrogen-bond donors (Lipinski definition) is 0. The molecule has 0 spiro atoms. The average Bonchev–Trinajstić information content (AvgIpc) is 2.67. The minimum absolute atomic E-state index is 0.312. The highest BCUT2D eigenvalue weighted by molar-refractivity contribution is 6.62. The summed E-state index contributed by atoms with van der Waals surface area (Å²) in [5.41, 5.74) is 0.419. The molecule has 4 nitrogen and oxygen atoms in total. The Morgan fingerprint density at radius 3 is 2.09 bits per heavy atom. The third-order valence-corrected chi connectivity index (χ3v) is 4.61. The number of aromatic nitrogens is 1. The van der Waals surface area contributed by atoms with E-state index in [9.17, 15) is 0 Å². The fourth-order valence-corrected chi connectivity index (χ4v) is 2.61. The molecule has 1 aliphatic rings. The van der Waals surface area contributed by atoms with E-state index in [4.69, 9.17) is 9.31 Å². The van der Waals surface area contributed by atoms with Crippen LogP contribution in [0.3, 0.4) is 0 Å². The van der Waals surface area contributed by atoms with Gasteiger partial charge in [0.25, 0.3) is 0 Å². The minimum Gasteiger partial charge on any atom is -0.399 e. The molecule has 22 heavy (non-hydrogen) atoms. The Balaban J connectivity index is 2.22. The smallest absolute Gasteiger partial charge is 0.399 e. The van der Waals surface area contributed by atoms with Gasteiger partial charge in [0.1, 0.15) is 5.82 Å². The van der Waals surface area contributed by atoms with Crippen LogP contribution in [0.4, 0.5) is 5.82 Å². The number of hydrogen-bond acceptors (Lipinski definition) is 4. The lowest BCUT2D eigenvalue weighted by Crippen LogP contribution is -2.41. The van der Waals surface area contributed by atoms with Crippen molar-refractivity contribution in [3.05, 3.63) is 18.3 Å². The Morgan fingerprint density at radius 2 is 1.59 bits per heavy atom. The maximum absolute atomic E-state index is 6.14. The van der Waals surface area contributed by atoms with E-state index in [0.717, 1.165) is 37.2 Å². The summed E-state index contributed by atoms with van der Waals surface area (Å²) in [6.45, 7) is 14.7. The van der Waals surface area contributed by atoms with Gasteiger partial charge in [-0.2, -0.15) is 0 Å². The maximum atomic E-state index is 6.14. The van der Waals surface area contributed by atoms with Gasteiger partial charge in [-0.15, -0.1) is 0 Å². The van der Waals surface area contributed by atoms with Crippen LogP contribution >= 0.6 is 0 Å². The third-order valence-electron chi connectivity index (χ3n) is 4.61. The zero-order valence-corrected chi connectivity index (χ0v) is 14.8. The van der Waals surface area contributed by atoms with Crippen LogP contribution in [0.1, 0.15) is 54.4 Å². The lowest BCUT2D eigenvalue weighted by atomic mass is 9.79. The van der Waals surface area contributed by atoms with Crippen molar-refractivity contribution in [2.45, 2.75) is 65.6 Å². The minimum atomic E-state index is -0.322. The van der Waals surface area contributed by atoms with Gasteiger partial charge in [-0.25, -0.2) is 4.98 Å². The van der Waals surface area contributed by atoms with E-state index in [0.29, 0.717) is 0 Å². The molecule has 1 fully saturated rings. The van der Waals surface area contributed by atoms with E-state index in [1.165, 1.54) is 0 Å². The highest BCUT2D eigenvalue weighted by atomic mass is 16.7. The molecule has 0 bridgehead atoms. The number of pyridine rings is 1. The largest absolute Gasteiger partial charge is 0.495 e. The van der Waals surface area contributed by atoms with Gasteiger partial charge in [-0.05, 0) is 58.1 Å². The topological polar surface area (TPSA) is 34.6 Å². The second-order valence-corrected chi connectivity index (χ2v) is 7.02. The Morgan fingerprint density at radius 1 is 1.05 bits per heavy atom.